The van der Waals surface area contributed by atoms with Crippen LogP contribution in [0.4, 0.5) is 0 Å². The second-order valence-corrected chi connectivity index (χ2v) is 14.5. The predicted octanol–water partition coefficient (Wildman–Crippen LogP) is 13.2. The standard InChI is InChI=1S/2C18H30O2S.2C3H7.Ti/c2*1-2-3-4-5-6-7-8-9-10-11-14-17-15-12-13-16-18(17)21(19)20;2*1-3-2;/h2*12-13,15-16H,2-11,14H2,1H3,(H,19,20);2*3H,1-2H3;/q;;2*-1;+4/p-2. The maximum atomic E-state index is 11.1. The molecule has 0 fully saturated rings. The third-order valence-electron chi connectivity index (χ3n) is 7.90. The van der Waals surface area contributed by atoms with Gasteiger partial charge < -0.3 is 21.9 Å². The molecule has 280 valence electrons. The summed E-state index contributed by atoms with van der Waals surface area (Å²) in [5.41, 5.74) is 1.93. The van der Waals surface area contributed by atoms with Gasteiger partial charge in [0.2, 0.25) is 0 Å². The molecule has 0 saturated carbocycles. The smallest absolute Gasteiger partial charge is 0.768 e. The van der Waals surface area contributed by atoms with Crippen molar-refractivity contribution in [2.45, 2.75) is 193 Å². The van der Waals surface area contributed by atoms with Gasteiger partial charge in [-0.25, -0.2) is 0 Å². The zero-order chi connectivity index (χ0) is 36.1. The second kappa shape index (κ2) is 41.8. The molecule has 4 nitrogen and oxygen atoms in total. The van der Waals surface area contributed by atoms with E-state index in [1.807, 2.05) is 64.8 Å². The largest absolute Gasteiger partial charge is 4.00 e. The van der Waals surface area contributed by atoms with Gasteiger partial charge in [-0.3, -0.25) is 8.42 Å². The Morgan fingerprint density at radius 3 is 0.918 bits per heavy atom. The first-order chi connectivity index (χ1) is 23.3. The molecular formula is C42H72O4S2Ti. The molecule has 49 heavy (non-hydrogen) atoms. The summed E-state index contributed by atoms with van der Waals surface area (Å²) in [5, 5.41) is 0. The maximum absolute atomic E-state index is 11.1. The molecule has 2 aromatic carbocycles. The van der Waals surface area contributed by atoms with Gasteiger partial charge in [0.15, 0.2) is 0 Å². The van der Waals surface area contributed by atoms with Crippen molar-refractivity contribution in [2.75, 3.05) is 0 Å². The third-order valence-corrected chi connectivity index (χ3v) is 9.42. The predicted molar refractivity (Wildman–Crippen MR) is 210 cm³/mol. The van der Waals surface area contributed by atoms with Crippen LogP contribution < -0.4 is 0 Å². The van der Waals surface area contributed by atoms with Crippen LogP contribution in [0.1, 0.15) is 181 Å². The Balaban J connectivity index is -0.000000730. The SMILES string of the molecule is CCCCCCCCCCCCc1ccccc1S(=O)[O-].CCCCCCCCCCCCc1ccccc1S(=O)[O-].C[CH-]C.C[CH-]C.[Ti+4]. The van der Waals surface area contributed by atoms with Gasteiger partial charge in [-0.05, 0) is 71.1 Å². The van der Waals surface area contributed by atoms with Crippen molar-refractivity contribution >= 4 is 22.2 Å². The second-order valence-electron chi connectivity index (χ2n) is 12.7. The quantitative estimate of drug-likeness (QED) is 0.0463. The first kappa shape index (κ1) is 52.7. The molecule has 0 aliphatic carbocycles. The van der Waals surface area contributed by atoms with Crippen molar-refractivity contribution in [3.05, 3.63) is 72.5 Å². The van der Waals surface area contributed by atoms with Crippen LogP contribution >= 0.6 is 0 Å². The fourth-order valence-corrected chi connectivity index (χ4v) is 6.50. The van der Waals surface area contributed by atoms with E-state index in [2.05, 4.69) is 13.8 Å². The summed E-state index contributed by atoms with van der Waals surface area (Å²) < 4.78 is 44.4. The molecule has 0 heterocycles. The monoisotopic (exact) mass is 752 g/mol. The average Bonchev–Trinajstić information content (AvgIpc) is 3.08. The van der Waals surface area contributed by atoms with Crippen molar-refractivity contribution in [1.29, 1.82) is 0 Å². The summed E-state index contributed by atoms with van der Waals surface area (Å²) in [6, 6.07) is 14.6. The van der Waals surface area contributed by atoms with E-state index in [1.165, 1.54) is 116 Å². The Kier molecular flexibility index (Phi) is 45.0. The molecule has 0 saturated heterocycles. The molecular weight excluding hydrogens is 680 g/mol. The van der Waals surface area contributed by atoms with Crippen molar-refractivity contribution in [3.63, 3.8) is 0 Å². The van der Waals surface area contributed by atoms with Gasteiger partial charge in [0.25, 0.3) is 0 Å². The maximum Gasteiger partial charge on any atom is 4.00 e. The number of rotatable bonds is 24. The summed E-state index contributed by atoms with van der Waals surface area (Å²) >= 11 is -4.21. The van der Waals surface area contributed by atoms with Crippen LogP contribution in [0.2, 0.25) is 0 Å². The molecule has 2 unspecified atom stereocenters. The Bertz CT molecular complexity index is 923. The topological polar surface area (TPSA) is 80.3 Å². The normalized spacial score (nSPS) is 11.4. The average molecular weight is 753 g/mol. The first-order valence-corrected chi connectivity index (χ1v) is 21.3. The van der Waals surface area contributed by atoms with Crippen LogP contribution in [0, 0.1) is 12.8 Å². The van der Waals surface area contributed by atoms with E-state index < -0.39 is 22.2 Å². The summed E-state index contributed by atoms with van der Waals surface area (Å²) in [6.07, 6.45) is 31.9. The molecule has 0 N–H and O–H groups in total. The summed E-state index contributed by atoms with van der Waals surface area (Å²) in [4.78, 5) is 0.932. The number of benzene rings is 2. The molecule has 2 atom stereocenters. The number of hydrogen-bond acceptors (Lipinski definition) is 4. The van der Waals surface area contributed by atoms with Gasteiger partial charge in [-0.15, -0.1) is 0 Å². The number of aryl methyl sites for hydroxylation is 2. The molecule has 2 rings (SSSR count). The van der Waals surface area contributed by atoms with Crippen LogP contribution in [0.25, 0.3) is 0 Å². The zero-order valence-corrected chi connectivity index (χ0v) is 35.5. The molecule has 0 bridgehead atoms. The van der Waals surface area contributed by atoms with E-state index in [4.69, 9.17) is 0 Å². The number of unbranched alkanes of at least 4 members (excludes halogenated alkanes) is 18. The summed E-state index contributed by atoms with van der Waals surface area (Å²) in [5.74, 6) is 0. The molecule has 0 radical (unpaired) electrons. The van der Waals surface area contributed by atoms with E-state index in [0.29, 0.717) is 9.79 Å². The van der Waals surface area contributed by atoms with Gasteiger partial charge in [0, 0.05) is 9.79 Å². The Hall–Kier alpha value is -0.626. The van der Waals surface area contributed by atoms with E-state index >= 15 is 0 Å². The Morgan fingerprint density at radius 1 is 0.449 bits per heavy atom. The Morgan fingerprint density at radius 2 is 0.673 bits per heavy atom. The fraction of sp³-hybridized carbons (Fsp3) is 0.667. The summed E-state index contributed by atoms with van der Waals surface area (Å²) in [7, 11) is 0. The van der Waals surface area contributed by atoms with Crippen molar-refractivity contribution in [1.82, 2.24) is 0 Å². The fourth-order valence-electron chi connectivity index (χ4n) is 5.35. The van der Waals surface area contributed by atoms with Gasteiger partial charge >= 0.3 is 21.7 Å². The van der Waals surface area contributed by atoms with Crippen molar-refractivity contribution in [2.24, 2.45) is 0 Å². The molecule has 0 aliphatic heterocycles. The summed E-state index contributed by atoms with van der Waals surface area (Å²) in [6.45, 7) is 12.5. The van der Waals surface area contributed by atoms with Crippen LogP contribution in [0.5, 0.6) is 0 Å². The van der Waals surface area contributed by atoms with Gasteiger partial charge in [0.05, 0.1) is 0 Å². The number of hydrogen-bond donors (Lipinski definition) is 0. The zero-order valence-electron chi connectivity index (χ0n) is 32.3. The van der Waals surface area contributed by atoms with Crippen LogP contribution in [-0.4, -0.2) is 17.5 Å². The van der Waals surface area contributed by atoms with E-state index in [0.717, 1.165) is 36.8 Å². The Labute approximate surface area is 324 Å². The van der Waals surface area contributed by atoms with Gasteiger partial charge in [-0.1, -0.05) is 166 Å². The van der Waals surface area contributed by atoms with Gasteiger partial charge in [-0.2, -0.15) is 27.7 Å². The molecule has 0 aliphatic rings. The third kappa shape index (κ3) is 34.2. The van der Waals surface area contributed by atoms with Gasteiger partial charge in [0.1, 0.15) is 0 Å². The van der Waals surface area contributed by atoms with Crippen LogP contribution in [0.3, 0.4) is 0 Å². The van der Waals surface area contributed by atoms with E-state index in [1.54, 1.807) is 24.3 Å². The van der Waals surface area contributed by atoms with E-state index in [-0.39, 0.29) is 21.7 Å². The molecule has 7 heteroatoms. The first-order valence-electron chi connectivity index (χ1n) is 19.2. The molecule has 0 aromatic heterocycles. The molecule has 2 aromatic rings. The minimum absolute atomic E-state index is 0. The van der Waals surface area contributed by atoms with E-state index in [9.17, 15) is 17.5 Å². The minimum Gasteiger partial charge on any atom is -0.768 e. The molecule has 0 amide bonds. The van der Waals surface area contributed by atoms with Crippen LogP contribution in [-0.2, 0) is 56.7 Å². The molecule has 0 spiro atoms. The van der Waals surface area contributed by atoms with Crippen molar-refractivity contribution in [3.8, 4) is 0 Å². The van der Waals surface area contributed by atoms with Crippen molar-refractivity contribution < 1.29 is 39.2 Å². The minimum atomic E-state index is -2.11. The van der Waals surface area contributed by atoms with Crippen LogP contribution in [0.15, 0.2) is 58.3 Å².